The van der Waals surface area contributed by atoms with E-state index in [1.54, 1.807) is 30.0 Å². The number of rotatable bonds is 2. The van der Waals surface area contributed by atoms with E-state index in [0.717, 1.165) is 5.56 Å². The number of halogens is 1. The van der Waals surface area contributed by atoms with E-state index in [-0.39, 0.29) is 47.1 Å². The highest BCUT2D eigenvalue weighted by atomic mass is 19.1. The summed E-state index contributed by atoms with van der Waals surface area (Å²) in [6.07, 6.45) is 1.25. The second-order valence-corrected chi connectivity index (χ2v) is 7.86. The SMILES string of the molecule is CN(C)C(=O)N1C[C@H]2CN(C(=O)c3ccc(O)cn3)C[C@H]2[C@H]1c1cccc(F)c1. The van der Waals surface area contributed by atoms with E-state index >= 15 is 0 Å². The second-order valence-electron chi connectivity index (χ2n) is 7.86. The van der Waals surface area contributed by atoms with Crippen LogP contribution in [0.25, 0.3) is 0 Å². The number of hydrogen-bond donors (Lipinski definition) is 1. The average Bonchev–Trinajstić information content (AvgIpc) is 3.25. The molecule has 7 nitrogen and oxygen atoms in total. The zero-order chi connectivity index (χ0) is 20.7. The Hall–Kier alpha value is -3.16. The van der Waals surface area contributed by atoms with Gasteiger partial charge in [-0.2, -0.15) is 0 Å². The fourth-order valence-electron chi connectivity index (χ4n) is 4.46. The number of benzene rings is 1. The summed E-state index contributed by atoms with van der Waals surface area (Å²) < 4.78 is 13.9. The number of amides is 3. The number of carbonyl (C=O) groups excluding carboxylic acids is 2. The molecule has 0 aliphatic carbocycles. The Kier molecular flexibility index (Phi) is 4.86. The molecule has 3 atom stereocenters. The van der Waals surface area contributed by atoms with Crippen LogP contribution in [0.4, 0.5) is 9.18 Å². The summed E-state index contributed by atoms with van der Waals surface area (Å²) in [5, 5.41) is 9.38. The van der Waals surface area contributed by atoms with E-state index in [0.29, 0.717) is 19.6 Å². The van der Waals surface area contributed by atoms with E-state index < -0.39 is 0 Å². The van der Waals surface area contributed by atoms with Crippen molar-refractivity contribution in [2.24, 2.45) is 11.8 Å². The van der Waals surface area contributed by atoms with Gasteiger partial charge < -0.3 is 19.8 Å². The highest BCUT2D eigenvalue weighted by molar-refractivity contribution is 5.92. The van der Waals surface area contributed by atoms with Gasteiger partial charge >= 0.3 is 6.03 Å². The van der Waals surface area contributed by atoms with E-state index in [9.17, 15) is 19.1 Å². The molecule has 2 fully saturated rings. The highest BCUT2D eigenvalue weighted by Crippen LogP contribution is 2.45. The normalized spacial score (nSPS) is 23.2. The highest BCUT2D eigenvalue weighted by Gasteiger charge is 2.50. The van der Waals surface area contributed by atoms with Crippen molar-refractivity contribution in [1.29, 1.82) is 0 Å². The first-order valence-corrected chi connectivity index (χ1v) is 9.53. The third-order valence-corrected chi connectivity index (χ3v) is 5.74. The zero-order valence-electron chi connectivity index (χ0n) is 16.3. The number of aromatic nitrogens is 1. The lowest BCUT2D eigenvalue weighted by Crippen LogP contribution is -2.42. The molecule has 2 saturated heterocycles. The van der Waals surface area contributed by atoms with Crippen molar-refractivity contribution >= 4 is 11.9 Å². The Balaban J connectivity index is 1.61. The van der Waals surface area contributed by atoms with Crippen LogP contribution in [0.1, 0.15) is 22.1 Å². The Morgan fingerprint density at radius 2 is 1.97 bits per heavy atom. The Morgan fingerprint density at radius 3 is 2.62 bits per heavy atom. The van der Waals surface area contributed by atoms with Crippen molar-refractivity contribution < 1.29 is 19.1 Å². The molecule has 2 aliphatic heterocycles. The van der Waals surface area contributed by atoms with E-state index in [1.165, 1.54) is 35.4 Å². The molecule has 29 heavy (non-hydrogen) atoms. The van der Waals surface area contributed by atoms with Crippen LogP contribution < -0.4 is 0 Å². The fraction of sp³-hybridized carbons (Fsp3) is 0.381. The number of likely N-dealkylation sites (tertiary alicyclic amines) is 2. The van der Waals surface area contributed by atoms with Gasteiger partial charge in [-0.1, -0.05) is 12.1 Å². The zero-order valence-corrected chi connectivity index (χ0v) is 16.3. The first-order valence-electron chi connectivity index (χ1n) is 9.53. The van der Waals surface area contributed by atoms with Gasteiger partial charge in [0.15, 0.2) is 0 Å². The van der Waals surface area contributed by atoms with Crippen LogP contribution in [0, 0.1) is 17.7 Å². The summed E-state index contributed by atoms with van der Waals surface area (Å²) in [5.74, 6) is -0.427. The molecule has 0 spiro atoms. The number of fused-ring (bicyclic) bond motifs is 1. The van der Waals surface area contributed by atoms with Crippen molar-refractivity contribution in [3.8, 4) is 5.75 Å². The van der Waals surface area contributed by atoms with Crippen molar-refractivity contribution in [2.75, 3.05) is 33.7 Å². The minimum atomic E-state index is -0.345. The summed E-state index contributed by atoms with van der Waals surface area (Å²) in [5.41, 5.74) is 1.01. The van der Waals surface area contributed by atoms with Crippen LogP contribution in [0.2, 0.25) is 0 Å². The summed E-state index contributed by atoms with van der Waals surface area (Å²) in [4.78, 5) is 34.7. The monoisotopic (exact) mass is 398 g/mol. The van der Waals surface area contributed by atoms with Crippen molar-refractivity contribution in [3.05, 3.63) is 59.7 Å². The molecular formula is C21H23FN4O3. The molecule has 2 aromatic rings. The maximum Gasteiger partial charge on any atom is 0.320 e. The number of aromatic hydroxyl groups is 1. The summed E-state index contributed by atoms with van der Waals surface area (Å²) in [7, 11) is 3.40. The summed E-state index contributed by atoms with van der Waals surface area (Å²) in [6, 6.07) is 8.85. The first kappa shape index (κ1) is 19.2. The molecule has 8 heteroatoms. The van der Waals surface area contributed by atoms with Gasteiger partial charge in [0, 0.05) is 45.6 Å². The quantitative estimate of drug-likeness (QED) is 0.843. The van der Waals surface area contributed by atoms with Crippen LogP contribution in [-0.4, -0.2) is 70.5 Å². The van der Waals surface area contributed by atoms with Gasteiger partial charge in [-0.25, -0.2) is 14.2 Å². The lowest BCUT2D eigenvalue weighted by atomic mass is 9.89. The molecule has 1 N–H and O–H groups in total. The molecule has 0 saturated carbocycles. The van der Waals surface area contributed by atoms with Gasteiger partial charge in [0.25, 0.3) is 5.91 Å². The average molecular weight is 398 g/mol. The molecule has 4 rings (SSSR count). The van der Waals surface area contributed by atoms with E-state index in [2.05, 4.69) is 4.98 Å². The third kappa shape index (κ3) is 3.50. The largest absolute Gasteiger partial charge is 0.506 e. The molecule has 0 unspecified atom stereocenters. The standard InChI is InChI=1S/C21H23FN4O3/c1-24(2)21(29)26-11-14-10-25(20(28)18-7-6-16(27)9-23-18)12-17(14)19(26)13-4-3-5-15(22)8-13/h3-9,14,17,19,27H,10-12H2,1-2H3/t14-,17-,19-/m1/s1. The molecule has 2 aliphatic rings. The van der Waals surface area contributed by atoms with Crippen LogP contribution >= 0.6 is 0 Å². The number of nitrogens with zero attached hydrogens (tertiary/aromatic N) is 4. The van der Waals surface area contributed by atoms with Gasteiger partial charge in [0.05, 0.1) is 12.2 Å². The lowest BCUT2D eigenvalue weighted by Gasteiger charge is -2.31. The van der Waals surface area contributed by atoms with Gasteiger partial charge in [0.1, 0.15) is 17.3 Å². The van der Waals surface area contributed by atoms with Crippen LogP contribution in [0.5, 0.6) is 5.75 Å². The molecular weight excluding hydrogens is 375 g/mol. The van der Waals surface area contributed by atoms with Crippen molar-refractivity contribution in [2.45, 2.75) is 6.04 Å². The topological polar surface area (TPSA) is 77.0 Å². The van der Waals surface area contributed by atoms with Crippen LogP contribution in [-0.2, 0) is 0 Å². The number of pyridine rings is 1. The first-order chi connectivity index (χ1) is 13.8. The fourth-order valence-corrected chi connectivity index (χ4v) is 4.46. The molecule has 1 aromatic carbocycles. The number of urea groups is 1. The van der Waals surface area contributed by atoms with Gasteiger partial charge in [-0.05, 0) is 29.8 Å². The molecule has 1 aromatic heterocycles. The maximum absolute atomic E-state index is 13.9. The van der Waals surface area contributed by atoms with Crippen molar-refractivity contribution in [1.82, 2.24) is 19.7 Å². The molecule has 3 heterocycles. The molecule has 0 radical (unpaired) electrons. The van der Waals surface area contributed by atoms with Gasteiger partial charge in [-0.15, -0.1) is 0 Å². The summed E-state index contributed by atoms with van der Waals surface area (Å²) in [6.45, 7) is 1.48. The second kappa shape index (κ2) is 7.35. The maximum atomic E-state index is 13.9. The lowest BCUT2D eigenvalue weighted by molar-refractivity contribution is 0.0760. The predicted molar refractivity (Wildman–Crippen MR) is 104 cm³/mol. The Morgan fingerprint density at radius 1 is 1.17 bits per heavy atom. The number of hydrogen-bond acceptors (Lipinski definition) is 4. The molecule has 0 bridgehead atoms. The minimum Gasteiger partial charge on any atom is -0.506 e. The van der Waals surface area contributed by atoms with E-state index in [1.807, 2.05) is 6.07 Å². The molecule has 152 valence electrons. The van der Waals surface area contributed by atoms with Crippen LogP contribution in [0.3, 0.4) is 0 Å². The molecule has 3 amide bonds. The third-order valence-electron chi connectivity index (χ3n) is 5.74. The Bertz CT molecular complexity index is 934. The smallest absolute Gasteiger partial charge is 0.320 e. The Labute approximate surface area is 168 Å². The minimum absolute atomic E-state index is 0.00356. The van der Waals surface area contributed by atoms with Gasteiger partial charge in [-0.3, -0.25) is 4.79 Å². The van der Waals surface area contributed by atoms with Crippen LogP contribution in [0.15, 0.2) is 42.6 Å². The summed E-state index contributed by atoms with van der Waals surface area (Å²) >= 11 is 0. The predicted octanol–water partition coefficient (Wildman–Crippen LogP) is 2.35. The van der Waals surface area contributed by atoms with E-state index in [4.69, 9.17) is 0 Å². The van der Waals surface area contributed by atoms with Crippen molar-refractivity contribution in [3.63, 3.8) is 0 Å². The number of carbonyl (C=O) groups is 2. The van der Waals surface area contributed by atoms with Gasteiger partial charge in [0.2, 0.25) is 0 Å².